The summed E-state index contributed by atoms with van der Waals surface area (Å²) in [6.45, 7) is 0.499. The van der Waals surface area contributed by atoms with Crippen molar-refractivity contribution in [3.05, 3.63) is 0 Å². The average Bonchev–Trinajstić information content (AvgIpc) is 1.95. The lowest BCUT2D eigenvalue weighted by Gasteiger charge is -2.42. The van der Waals surface area contributed by atoms with E-state index in [1.54, 1.807) is 7.11 Å². The number of methoxy groups -OCH3 is 1. The number of carboxylic acids is 1. The molecule has 4 nitrogen and oxygen atoms in total. The monoisotopic (exact) mass is 173 g/mol. The van der Waals surface area contributed by atoms with E-state index >= 15 is 0 Å². The smallest absolute Gasteiger partial charge is 0.309 e. The minimum atomic E-state index is -0.735. The van der Waals surface area contributed by atoms with Gasteiger partial charge in [0.1, 0.15) is 0 Å². The van der Waals surface area contributed by atoms with E-state index in [2.05, 4.69) is 0 Å². The molecule has 0 amide bonds. The van der Waals surface area contributed by atoms with Crippen LogP contribution in [0.3, 0.4) is 0 Å². The molecule has 1 fully saturated rings. The van der Waals surface area contributed by atoms with Crippen LogP contribution in [0.1, 0.15) is 19.3 Å². The second-order valence-electron chi connectivity index (χ2n) is 3.50. The summed E-state index contributed by atoms with van der Waals surface area (Å²) in [5.74, 6) is -0.735. The van der Waals surface area contributed by atoms with Crippen molar-refractivity contribution in [2.45, 2.75) is 25.3 Å². The molecular formula is C8H15NO3. The van der Waals surface area contributed by atoms with E-state index in [9.17, 15) is 4.79 Å². The number of rotatable bonds is 4. The molecule has 1 aliphatic rings. The normalized spacial score (nSPS) is 34.3. The van der Waals surface area contributed by atoms with Gasteiger partial charge < -0.3 is 15.6 Å². The maximum Gasteiger partial charge on any atom is 0.309 e. The first-order valence-electron chi connectivity index (χ1n) is 4.09. The Bertz CT molecular complexity index is 175. The summed E-state index contributed by atoms with van der Waals surface area (Å²) in [6.07, 6.45) is 1.75. The van der Waals surface area contributed by atoms with Crippen molar-refractivity contribution in [2.75, 3.05) is 13.7 Å². The minimum Gasteiger partial charge on any atom is -0.481 e. The lowest BCUT2D eigenvalue weighted by atomic mass is 9.64. The van der Waals surface area contributed by atoms with Crippen LogP contribution in [0, 0.1) is 5.41 Å². The van der Waals surface area contributed by atoms with Gasteiger partial charge in [-0.1, -0.05) is 0 Å². The van der Waals surface area contributed by atoms with Crippen molar-refractivity contribution >= 4 is 5.97 Å². The topological polar surface area (TPSA) is 72.5 Å². The van der Waals surface area contributed by atoms with Crippen molar-refractivity contribution in [3.8, 4) is 0 Å². The first kappa shape index (κ1) is 9.48. The molecule has 4 heteroatoms. The maximum absolute atomic E-state index is 10.8. The van der Waals surface area contributed by atoms with E-state index in [1.165, 1.54) is 0 Å². The standard InChI is InChI=1S/C8H15NO3/c1-12-3-2-8(7(10)11)4-6(9)5-8/h6H,2-5,9H2,1H3,(H,10,11). The predicted molar refractivity (Wildman–Crippen MR) is 43.8 cm³/mol. The fourth-order valence-corrected chi connectivity index (χ4v) is 1.73. The number of hydrogen-bond donors (Lipinski definition) is 2. The number of carboxylic acid groups (broad SMARTS) is 1. The van der Waals surface area contributed by atoms with E-state index in [1.807, 2.05) is 0 Å². The Kier molecular flexibility index (Phi) is 2.69. The Balaban J connectivity index is 2.45. The van der Waals surface area contributed by atoms with E-state index in [4.69, 9.17) is 15.6 Å². The lowest BCUT2D eigenvalue weighted by Crippen LogP contribution is -2.51. The highest BCUT2D eigenvalue weighted by Gasteiger charge is 2.48. The molecule has 0 bridgehead atoms. The van der Waals surface area contributed by atoms with Crippen molar-refractivity contribution in [3.63, 3.8) is 0 Å². The van der Waals surface area contributed by atoms with E-state index in [0.29, 0.717) is 25.9 Å². The average molecular weight is 173 g/mol. The maximum atomic E-state index is 10.8. The molecule has 0 aromatic heterocycles. The Labute approximate surface area is 71.7 Å². The van der Waals surface area contributed by atoms with Crippen LogP contribution in [0.25, 0.3) is 0 Å². The molecule has 70 valence electrons. The second-order valence-corrected chi connectivity index (χ2v) is 3.50. The summed E-state index contributed by atoms with van der Waals surface area (Å²) in [5, 5.41) is 8.92. The summed E-state index contributed by atoms with van der Waals surface area (Å²) in [5.41, 5.74) is 4.97. The zero-order chi connectivity index (χ0) is 9.19. The summed E-state index contributed by atoms with van der Waals surface area (Å²) in [4.78, 5) is 10.8. The zero-order valence-corrected chi connectivity index (χ0v) is 7.25. The molecule has 12 heavy (non-hydrogen) atoms. The fourth-order valence-electron chi connectivity index (χ4n) is 1.73. The van der Waals surface area contributed by atoms with Crippen LogP contribution in [-0.4, -0.2) is 30.8 Å². The van der Waals surface area contributed by atoms with E-state index in [-0.39, 0.29) is 6.04 Å². The van der Waals surface area contributed by atoms with Crippen molar-refractivity contribution < 1.29 is 14.6 Å². The molecule has 0 aromatic carbocycles. The molecule has 1 aliphatic carbocycles. The molecular weight excluding hydrogens is 158 g/mol. The first-order valence-corrected chi connectivity index (χ1v) is 4.09. The van der Waals surface area contributed by atoms with Crippen LogP contribution < -0.4 is 5.73 Å². The highest BCUT2D eigenvalue weighted by Crippen LogP contribution is 2.43. The molecule has 0 spiro atoms. The number of hydrogen-bond acceptors (Lipinski definition) is 3. The largest absolute Gasteiger partial charge is 0.481 e. The van der Waals surface area contributed by atoms with E-state index in [0.717, 1.165) is 0 Å². The van der Waals surface area contributed by atoms with Crippen molar-refractivity contribution in [2.24, 2.45) is 11.1 Å². The van der Waals surface area contributed by atoms with Crippen molar-refractivity contribution in [1.82, 2.24) is 0 Å². The van der Waals surface area contributed by atoms with Gasteiger partial charge >= 0.3 is 5.97 Å². The third-order valence-corrected chi connectivity index (χ3v) is 2.54. The van der Waals surface area contributed by atoms with Crippen LogP contribution in [0.5, 0.6) is 0 Å². The van der Waals surface area contributed by atoms with Gasteiger partial charge in [-0.2, -0.15) is 0 Å². The van der Waals surface area contributed by atoms with Gasteiger partial charge in [0.15, 0.2) is 0 Å². The van der Waals surface area contributed by atoms with Crippen LogP contribution in [-0.2, 0) is 9.53 Å². The number of ether oxygens (including phenoxy) is 1. The Hall–Kier alpha value is -0.610. The molecule has 0 atom stereocenters. The summed E-state index contributed by atoms with van der Waals surface area (Å²) in [7, 11) is 1.58. The van der Waals surface area contributed by atoms with Gasteiger partial charge in [-0.05, 0) is 19.3 Å². The van der Waals surface area contributed by atoms with Crippen LogP contribution in [0.4, 0.5) is 0 Å². The summed E-state index contributed by atoms with van der Waals surface area (Å²) >= 11 is 0. The summed E-state index contributed by atoms with van der Waals surface area (Å²) < 4.78 is 4.85. The van der Waals surface area contributed by atoms with E-state index < -0.39 is 11.4 Å². The molecule has 0 unspecified atom stereocenters. The first-order chi connectivity index (χ1) is 5.60. The summed E-state index contributed by atoms with van der Waals surface area (Å²) in [6, 6.07) is 0.0676. The Morgan fingerprint density at radius 2 is 2.33 bits per heavy atom. The van der Waals surface area contributed by atoms with Gasteiger partial charge in [0.25, 0.3) is 0 Å². The van der Waals surface area contributed by atoms with Gasteiger partial charge in [0.05, 0.1) is 5.41 Å². The number of nitrogens with two attached hydrogens (primary N) is 1. The third kappa shape index (κ3) is 1.59. The third-order valence-electron chi connectivity index (χ3n) is 2.54. The number of aliphatic carboxylic acids is 1. The number of carbonyl (C=O) groups is 1. The fraction of sp³-hybridized carbons (Fsp3) is 0.875. The second kappa shape index (κ2) is 3.41. The molecule has 0 aromatic rings. The Morgan fingerprint density at radius 1 is 1.75 bits per heavy atom. The predicted octanol–water partition coefficient (Wildman–Crippen LogP) is 0.215. The van der Waals surface area contributed by atoms with Gasteiger partial charge in [-0.3, -0.25) is 4.79 Å². The van der Waals surface area contributed by atoms with Crippen LogP contribution in [0.15, 0.2) is 0 Å². The molecule has 1 saturated carbocycles. The van der Waals surface area contributed by atoms with Crippen molar-refractivity contribution in [1.29, 1.82) is 0 Å². The van der Waals surface area contributed by atoms with Crippen LogP contribution in [0.2, 0.25) is 0 Å². The SMILES string of the molecule is COCCC1(C(=O)O)CC(N)C1. The molecule has 3 N–H and O–H groups in total. The lowest BCUT2D eigenvalue weighted by molar-refractivity contribution is -0.157. The zero-order valence-electron chi connectivity index (χ0n) is 7.25. The van der Waals surface area contributed by atoms with Crippen LogP contribution >= 0.6 is 0 Å². The van der Waals surface area contributed by atoms with Gasteiger partial charge in [0, 0.05) is 19.8 Å². The quantitative estimate of drug-likeness (QED) is 0.637. The highest BCUT2D eigenvalue weighted by molar-refractivity contribution is 5.76. The molecule has 0 heterocycles. The van der Waals surface area contributed by atoms with Gasteiger partial charge in [0.2, 0.25) is 0 Å². The molecule has 1 rings (SSSR count). The Morgan fingerprint density at radius 3 is 2.67 bits per heavy atom. The van der Waals surface area contributed by atoms with Gasteiger partial charge in [-0.15, -0.1) is 0 Å². The molecule has 0 saturated heterocycles. The molecule has 0 aliphatic heterocycles. The molecule has 0 radical (unpaired) electrons. The highest BCUT2D eigenvalue weighted by atomic mass is 16.5. The van der Waals surface area contributed by atoms with Gasteiger partial charge in [-0.25, -0.2) is 0 Å². The minimum absolute atomic E-state index is 0.0676.